The van der Waals surface area contributed by atoms with E-state index in [0.717, 1.165) is 33.7 Å². The summed E-state index contributed by atoms with van der Waals surface area (Å²) < 4.78 is 7.73. The Morgan fingerprint density at radius 3 is 2.41 bits per heavy atom. The zero-order valence-corrected chi connectivity index (χ0v) is 23.0. The van der Waals surface area contributed by atoms with Crippen LogP contribution in [0.25, 0.3) is 16.9 Å². The van der Waals surface area contributed by atoms with Crippen molar-refractivity contribution in [1.82, 2.24) is 14.8 Å². The maximum atomic E-state index is 12.9. The molecule has 5 aromatic rings. The molecule has 0 aliphatic carbocycles. The summed E-state index contributed by atoms with van der Waals surface area (Å²) in [5.41, 5.74) is 6.00. The van der Waals surface area contributed by atoms with Crippen LogP contribution >= 0.6 is 23.2 Å². The second kappa shape index (κ2) is 11.7. The molecule has 39 heavy (non-hydrogen) atoms. The molecule has 0 bridgehead atoms. The number of carbonyl (C=O) groups excluding carboxylic acids is 1. The predicted octanol–water partition coefficient (Wildman–Crippen LogP) is 7.62. The molecule has 1 N–H and O–H groups in total. The number of carbonyl (C=O) groups is 1. The summed E-state index contributed by atoms with van der Waals surface area (Å²) in [6, 6.07) is 26.7. The molecule has 0 aliphatic rings. The van der Waals surface area contributed by atoms with Gasteiger partial charge in [0.1, 0.15) is 18.2 Å². The highest BCUT2D eigenvalue weighted by Gasteiger charge is 2.21. The number of benzene rings is 3. The zero-order chi connectivity index (χ0) is 27.4. The molecule has 8 heteroatoms. The molecule has 0 atom stereocenters. The molecule has 2 heterocycles. The number of nitrogens with zero attached hydrogens (tertiary/aromatic N) is 3. The summed E-state index contributed by atoms with van der Waals surface area (Å²) in [5, 5.41) is 8.65. The lowest BCUT2D eigenvalue weighted by Gasteiger charge is -2.12. The smallest absolute Gasteiger partial charge is 0.231 e. The maximum Gasteiger partial charge on any atom is 0.231 e. The summed E-state index contributed by atoms with van der Waals surface area (Å²) in [7, 11) is 0. The van der Waals surface area contributed by atoms with Crippen molar-refractivity contribution in [3.8, 4) is 22.7 Å². The van der Waals surface area contributed by atoms with E-state index in [1.807, 2.05) is 80.6 Å². The van der Waals surface area contributed by atoms with Crippen molar-refractivity contribution in [3.63, 3.8) is 0 Å². The van der Waals surface area contributed by atoms with Crippen LogP contribution in [0.15, 0.2) is 91.1 Å². The number of aromatic nitrogens is 3. The van der Waals surface area contributed by atoms with Gasteiger partial charge in [0.2, 0.25) is 5.91 Å². The van der Waals surface area contributed by atoms with Crippen LogP contribution in [0.5, 0.6) is 5.75 Å². The fraction of sp³-hybridized carbons (Fsp3) is 0.129. The van der Waals surface area contributed by atoms with Gasteiger partial charge in [-0.2, -0.15) is 5.10 Å². The van der Waals surface area contributed by atoms with Crippen molar-refractivity contribution in [1.29, 1.82) is 0 Å². The van der Waals surface area contributed by atoms with E-state index in [1.54, 1.807) is 29.1 Å². The highest BCUT2D eigenvalue weighted by atomic mass is 35.5. The van der Waals surface area contributed by atoms with E-state index in [2.05, 4.69) is 10.3 Å². The molecule has 0 unspecified atom stereocenters. The molecule has 0 fully saturated rings. The van der Waals surface area contributed by atoms with Crippen LogP contribution in [0.2, 0.25) is 10.0 Å². The third-order valence-corrected chi connectivity index (χ3v) is 6.78. The number of hydrogen-bond donors (Lipinski definition) is 1. The summed E-state index contributed by atoms with van der Waals surface area (Å²) in [5.74, 6) is 1.04. The number of hydrogen-bond acceptors (Lipinski definition) is 4. The number of anilines is 1. The van der Waals surface area contributed by atoms with Crippen LogP contribution in [0.3, 0.4) is 0 Å². The molecule has 0 aliphatic heterocycles. The molecule has 0 saturated carbocycles. The first-order valence-corrected chi connectivity index (χ1v) is 13.2. The van der Waals surface area contributed by atoms with Crippen LogP contribution in [0.1, 0.15) is 22.4 Å². The van der Waals surface area contributed by atoms with Crippen LogP contribution in [-0.4, -0.2) is 20.7 Å². The van der Waals surface area contributed by atoms with Crippen molar-refractivity contribution in [3.05, 3.63) is 124 Å². The first kappa shape index (κ1) is 26.5. The summed E-state index contributed by atoms with van der Waals surface area (Å²) in [6.07, 6.45) is 1.79. The van der Waals surface area contributed by atoms with Gasteiger partial charge in [0, 0.05) is 16.8 Å². The Kier molecular flexibility index (Phi) is 7.96. The zero-order valence-electron chi connectivity index (χ0n) is 21.5. The number of ether oxygens (including phenoxy) is 1. The molecule has 3 aromatic carbocycles. The van der Waals surface area contributed by atoms with Crippen molar-refractivity contribution < 1.29 is 9.53 Å². The number of halogens is 2. The van der Waals surface area contributed by atoms with E-state index in [4.69, 9.17) is 33.0 Å². The summed E-state index contributed by atoms with van der Waals surface area (Å²) >= 11 is 12.7. The van der Waals surface area contributed by atoms with E-state index in [1.165, 1.54) is 0 Å². The van der Waals surface area contributed by atoms with Crippen molar-refractivity contribution in [2.45, 2.75) is 26.9 Å². The minimum absolute atomic E-state index is 0.0743. The van der Waals surface area contributed by atoms with Crippen molar-refractivity contribution >= 4 is 34.9 Å². The van der Waals surface area contributed by atoms with Gasteiger partial charge in [-0.3, -0.25) is 4.79 Å². The van der Waals surface area contributed by atoms with Crippen molar-refractivity contribution in [2.24, 2.45) is 0 Å². The SMILES string of the molecule is Cc1ccc(NC(=O)Cc2nn(-c3ccc(Cl)cc3Cl)c(-c3ccc(OCc4ccccc4)cc3)c2C)nc1. The number of aryl methyl sites for hydroxylation is 1. The average Bonchev–Trinajstić information content (AvgIpc) is 3.24. The number of pyridine rings is 1. The van der Waals surface area contributed by atoms with Gasteiger partial charge in [-0.25, -0.2) is 9.67 Å². The molecular formula is C31H26Cl2N4O2. The van der Waals surface area contributed by atoms with Crippen LogP contribution < -0.4 is 10.1 Å². The van der Waals surface area contributed by atoms with Gasteiger partial charge in [0.15, 0.2) is 0 Å². The first-order chi connectivity index (χ1) is 18.9. The Bertz CT molecular complexity index is 1600. The van der Waals surface area contributed by atoms with Crippen molar-refractivity contribution in [2.75, 3.05) is 5.32 Å². The molecule has 196 valence electrons. The van der Waals surface area contributed by atoms with Gasteiger partial charge >= 0.3 is 0 Å². The maximum absolute atomic E-state index is 12.9. The largest absolute Gasteiger partial charge is 0.489 e. The fourth-order valence-electron chi connectivity index (χ4n) is 4.21. The van der Waals surface area contributed by atoms with Gasteiger partial charge in [0.25, 0.3) is 0 Å². The lowest BCUT2D eigenvalue weighted by molar-refractivity contribution is -0.115. The normalized spacial score (nSPS) is 10.9. The standard InChI is InChI=1S/C31H26Cl2N4O2/c1-20-8-15-29(34-18-20)35-30(38)17-27-21(2)31(37(36-27)28-14-11-24(32)16-26(28)33)23-9-12-25(13-10-23)39-19-22-6-4-3-5-7-22/h3-16,18H,17,19H2,1-2H3,(H,34,35,38). The van der Waals surface area contributed by atoms with Gasteiger partial charge in [-0.1, -0.05) is 59.6 Å². The minimum Gasteiger partial charge on any atom is -0.489 e. The topological polar surface area (TPSA) is 69.0 Å². The second-order valence-corrected chi connectivity index (χ2v) is 10.0. The molecule has 1 amide bonds. The molecule has 0 spiro atoms. The Hall–Kier alpha value is -4.13. The molecular weight excluding hydrogens is 531 g/mol. The number of amides is 1. The van der Waals surface area contributed by atoms with E-state index in [0.29, 0.717) is 33.9 Å². The lowest BCUT2D eigenvalue weighted by Crippen LogP contribution is -2.16. The molecule has 2 aromatic heterocycles. The van der Waals surface area contributed by atoms with E-state index >= 15 is 0 Å². The van der Waals surface area contributed by atoms with Gasteiger partial charge < -0.3 is 10.1 Å². The highest BCUT2D eigenvalue weighted by Crippen LogP contribution is 2.33. The van der Waals surface area contributed by atoms with Gasteiger partial charge in [0.05, 0.1) is 28.5 Å². The third-order valence-electron chi connectivity index (χ3n) is 6.24. The first-order valence-electron chi connectivity index (χ1n) is 12.4. The van der Waals surface area contributed by atoms with Gasteiger partial charge in [-0.15, -0.1) is 0 Å². The van der Waals surface area contributed by atoms with E-state index in [9.17, 15) is 4.79 Å². The summed E-state index contributed by atoms with van der Waals surface area (Å²) in [6.45, 7) is 4.38. The van der Waals surface area contributed by atoms with Gasteiger partial charge in [-0.05, 0) is 79.1 Å². The summed E-state index contributed by atoms with van der Waals surface area (Å²) in [4.78, 5) is 17.2. The average molecular weight is 557 g/mol. The molecule has 6 nitrogen and oxygen atoms in total. The van der Waals surface area contributed by atoms with E-state index in [-0.39, 0.29) is 12.3 Å². The van der Waals surface area contributed by atoms with Crippen LogP contribution in [0, 0.1) is 13.8 Å². The monoisotopic (exact) mass is 556 g/mol. The third kappa shape index (κ3) is 6.30. The highest BCUT2D eigenvalue weighted by molar-refractivity contribution is 6.35. The minimum atomic E-state index is -0.211. The predicted molar refractivity (Wildman–Crippen MR) is 156 cm³/mol. The number of nitrogens with one attached hydrogen (secondary N) is 1. The Balaban J connectivity index is 1.45. The molecule has 0 radical (unpaired) electrons. The Morgan fingerprint density at radius 1 is 0.949 bits per heavy atom. The van der Waals surface area contributed by atoms with Crippen LogP contribution in [0.4, 0.5) is 5.82 Å². The van der Waals surface area contributed by atoms with Crippen LogP contribution in [-0.2, 0) is 17.8 Å². The number of rotatable bonds is 8. The molecule has 5 rings (SSSR count). The quantitative estimate of drug-likeness (QED) is 0.213. The lowest BCUT2D eigenvalue weighted by atomic mass is 10.0. The Labute approximate surface area is 237 Å². The molecule has 0 saturated heterocycles. The Morgan fingerprint density at radius 2 is 1.72 bits per heavy atom. The second-order valence-electron chi connectivity index (χ2n) is 9.17. The van der Waals surface area contributed by atoms with E-state index < -0.39 is 0 Å². The fourth-order valence-corrected chi connectivity index (χ4v) is 4.69.